The number of carboxylic acids is 2. The lowest BCUT2D eigenvalue weighted by molar-refractivity contribution is -0.143. The summed E-state index contributed by atoms with van der Waals surface area (Å²) in [5.74, 6) is -6.32. The monoisotopic (exact) mass is 601 g/mol. The quantitative estimate of drug-likeness (QED) is 0.0377. The van der Waals surface area contributed by atoms with Crippen molar-refractivity contribution in [2.75, 3.05) is 13.2 Å². The zero-order valence-corrected chi connectivity index (χ0v) is 24.4. The summed E-state index contributed by atoms with van der Waals surface area (Å²) >= 11 is 0. The van der Waals surface area contributed by atoms with E-state index in [0.717, 1.165) is 38.5 Å². The highest BCUT2D eigenvalue weighted by Gasteiger charge is 2.30. The van der Waals surface area contributed by atoms with Gasteiger partial charge >= 0.3 is 11.9 Å². The number of nitrogens with two attached hydrogens (primary N) is 2. The summed E-state index contributed by atoms with van der Waals surface area (Å²) in [6, 6.07) is -5.70. The van der Waals surface area contributed by atoms with E-state index in [2.05, 4.69) is 33.2 Å². The molecule has 0 aromatic carbocycles. The summed E-state index contributed by atoms with van der Waals surface area (Å²) in [7, 11) is 0. The van der Waals surface area contributed by atoms with Crippen LogP contribution < -0.4 is 32.7 Å². The largest absolute Gasteiger partial charge is 0.481 e. The van der Waals surface area contributed by atoms with Crippen molar-refractivity contribution in [3.8, 4) is 0 Å². The molecule has 4 atom stereocenters. The second-order valence-electron chi connectivity index (χ2n) is 9.91. The molecular formula is C26H47N7O9. The van der Waals surface area contributed by atoms with Crippen LogP contribution in [0.1, 0.15) is 84.5 Å². The van der Waals surface area contributed by atoms with Gasteiger partial charge in [0.25, 0.3) is 0 Å². The van der Waals surface area contributed by atoms with Gasteiger partial charge in [-0.25, -0.2) is 4.79 Å². The highest BCUT2D eigenvalue weighted by molar-refractivity contribution is 5.96. The number of aliphatic hydroxyl groups excluding tert-OH is 1. The number of carbonyl (C=O) groups is 6. The number of guanidine groups is 1. The van der Waals surface area contributed by atoms with E-state index in [9.17, 15) is 44.1 Å². The zero-order chi connectivity index (χ0) is 32.1. The third-order valence-corrected chi connectivity index (χ3v) is 6.17. The topological polar surface area (TPSA) is 276 Å². The lowest BCUT2D eigenvalue weighted by Gasteiger charge is -2.23. The van der Waals surface area contributed by atoms with Gasteiger partial charge in [-0.05, 0) is 26.2 Å². The Morgan fingerprint density at radius 2 is 1.31 bits per heavy atom. The number of carbonyl (C=O) groups excluding carboxylic acids is 4. The maximum atomic E-state index is 12.8. The van der Waals surface area contributed by atoms with Crippen LogP contribution in [0.5, 0.6) is 0 Å². The number of hydrogen-bond donors (Lipinski definition) is 9. The van der Waals surface area contributed by atoms with Crippen molar-refractivity contribution >= 4 is 41.5 Å². The maximum absolute atomic E-state index is 12.8. The van der Waals surface area contributed by atoms with Crippen molar-refractivity contribution in [2.24, 2.45) is 16.5 Å². The molecule has 42 heavy (non-hydrogen) atoms. The Balaban J connectivity index is 5.02. The maximum Gasteiger partial charge on any atom is 0.326 e. The number of nitrogens with one attached hydrogen (secondary N) is 4. The van der Waals surface area contributed by atoms with Crippen LogP contribution in [0.15, 0.2) is 4.99 Å². The predicted octanol–water partition coefficient (Wildman–Crippen LogP) is -1.31. The summed E-state index contributed by atoms with van der Waals surface area (Å²) in [4.78, 5) is 76.7. The third-order valence-electron chi connectivity index (χ3n) is 6.17. The van der Waals surface area contributed by atoms with Gasteiger partial charge in [0.05, 0.1) is 13.0 Å². The first kappa shape index (κ1) is 38.0. The number of nitrogens with zero attached hydrogens (tertiary/aromatic N) is 1. The number of aliphatic imine (C=N–C) groups is 1. The number of hydrogen-bond acceptors (Lipinski definition) is 8. The van der Waals surface area contributed by atoms with Gasteiger partial charge in [-0.1, -0.05) is 45.4 Å². The fourth-order valence-corrected chi connectivity index (χ4v) is 3.80. The van der Waals surface area contributed by atoms with Crippen LogP contribution in [-0.4, -0.2) is 94.2 Å². The molecular weight excluding hydrogens is 554 g/mol. The molecule has 0 aliphatic carbocycles. The molecule has 0 aliphatic heterocycles. The molecule has 0 unspecified atom stereocenters. The van der Waals surface area contributed by atoms with E-state index < -0.39 is 72.8 Å². The summed E-state index contributed by atoms with van der Waals surface area (Å²) in [5.41, 5.74) is 10.4. The number of amides is 4. The molecule has 0 aromatic heterocycles. The Morgan fingerprint density at radius 1 is 0.738 bits per heavy atom. The Kier molecular flexibility index (Phi) is 19.7. The summed E-state index contributed by atoms with van der Waals surface area (Å²) in [5, 5.41) is 37.3. The average molecular weight is 602 g/mol. The number of aliphatic hydroxyl groups is 1. The van der Waals surface area contributed by atoms with Gasteiger partial charge in [-0.15, -0.1) is 0 Å². The molecule has 240 valence electrons. The van der Waals surface area contributed by atoms with E-state index in [-0.39, 0.29) is 31.8 Å². The van der Waals surface area contributed by atoms with Gasteiger partial charge in [-0.2, -0.15) is 0 Å². The minimum Gasteiger partial charge on any atom is -0.481 e. The summed E-state index contributed by atoms with van der Waals surface area (Å²) in [6.45, 7) is 2.70. The minimum atomic E-state index is -1.66. The molecule has 16 nitrogen and oxygen atoms in total. The highest BCUT2D eigenvalue weighted by Crippen LogP contribution is 2.08. The number of carboxylic acid groups (broad SMARTS) is 2. The standard InChI is InChI=1S/C26H47N7O9/c1-3-4-5-6-7-8-9-12-20(35)31-19(15-34)24(40)33-18(14-21(36)37)23(39)30-16(2)22(38)32-17(25(41)42)11-10-13-29-26(27)28/h16-19,34H,3-15H2,1-2H3,(H,30,39)(H,31,35)(H,32,38)(H,33,40)(H,36,37)(H,41,42)(H4,27,28,29)/t16-,17-,18-,19-/m0/s1. The number of rotatable bonds is 23. The molecule has 0 saturated heterocycles. The SMILES string of the molecule is CCCCCCCCCC(=O)N[C@@H](CO)C(=O)N[C@@H](CC(=O)O)C(=O)N[C@@H](C)C(=O)N[C@@H](CCCN=C(N)N)C(=O)O. The fraction of sp³-hybridized carbons (Fsp3) is 0.731. The number of unbranched alkanes of at least 4 members (excludes halogenated alkanes) is 6. The van der Waals surface area contributed by atoms with Crippen LogP contribution in [0.25, 0.3) is 0 Å². The molecule has 0 saturated carbocycles. The summed E-state index contributed by atoms with van der Waals surface area (Å²) < 4.78 is 0. The molecule has 0 rings (SSSR count). The van der Waals surface area contributed by atoms with Crippen LogP contribution in [0, 0.1) is 0 Å². The molecule has 0 radical (unpaired) electrons. The number of aliphatic carboxylic acids is 2. The Labute approximate surface area is 245 Å². The first-order valence-electron chi connectivity index (χ1n) is 14.1. The minimum absolute atomic E-state index is 0.0105. The van der Waals surface area contributed by atoms with Crippen LogP contribution in [0.3, 0.4) is 0 Å². The van der Waals surface area contributed by atoms with E-state index in [4.69, 9.17) is 11.5 Å². The molecule has 0 fully saturated rings. The van der Waals surface area contributed by atoms with E-state index in [1.807, 2.05) is 0 Å². The van der Waals surface area contributed by atoms with Gasteiger partial charge in [0.1, 0.15) is 24.2 Å². The van der Waals surface area contributed by atoms with Gasteiger partial charge < -0.3 is 48.1 Å². The van der Waals surface area contributed by atoms with E-state index in [0.29, 0.717) is 6.42 Å². The predicted molar refractivity (Wildman–Crippen MR) is 153 cm³/mol. The Hall–Kier alpha value is -3.95. The van der Waals surface area contributed by atoms with Crippen LogP contribution in [0.2, 0.25) is 0 Å². The van der Waals surface area contributed by atoms with Gasteiger partial charge in [0.2, 0.25) is 23.6 Å². The smallest absolute Gasteiger partial charge is 0.326 e. The van der Waals surface area contributed by atoms with E-state index in [1.54, 1.807) is 0 Å². The van der Waals surface area contributed by atoms with Crippen LogP contribution in [-0.2, 0) is 28.8 Å². The van der Waals surface area contributed by atoms with Crippen molar-refractivity contribution in [3.05, 3.63) is 0 Å². The Bertz CT molecular complexity index is 926. The van der Waals surface area contributed by atoms with Crippen molar-refractivity contribution in [3.63, 3.8) is 0 Å². The lowest BCUT2D eigenvalue weighted by Crippen LogP contribution is -2.58. The third kappa shape index (κ3) is 17.7. The van der Waals surface area contributed by atoms with E-state index in [1.165, 1.54) is 6.92 Å². The molecule has 0 aliphatic rings. The highest BCUT2D eigenvalue weighted by atomic mass is 16.4. The molecule has 0 bridgehead atoms. The Morgan fingerprint density at radius 3 is 1.86 bits per heavy atom. The van der Waals surface area contributed by atoms with Crippen molar-refractivity contribution < 1.29 is 44.1 Å². The summed E-state index contributed by atoms with van der Waals surface area (Å²) in [6.07, 6.45) is 6.42. The first-order chi connectivity index (χ1) is 19.8. The fourth-order valence-electron chi connectivity index (χ4n) is 3.80. The van der Waals surface area contributed by atoms with Crippen molar-refractivity contribution in [1.29, 1.82) is 0 Å². The second-order valence-corrected chi connectivity index (χ2v) is 9.91. The lowest BCUT2D eigenvalue weighted by atomic mass is 10.1. The molecule has 4 amide bonds. The van der Waals surface area contributed by atoms with Gasteiger partial charge in [0.15, 0.2) is 5.96 Å². The molecule has 0 spiro atoms. The van der Waals surface area contributed by atoms with Crippen LogP contribution in [0.4, 0.5) is 0 Å². The normalized spacial score (nSPS) is 13.5. The van der Waals surface area contributed by atoms with Crippen LogP contribution >= 0.6 is 0 Å². The van der Waals surface area contributed by atoms with Gasteiger partial charge in [0, 0.05) is 13.0 Å². The zero-order valence-electron chi connectivity index (χ0n) is 24.4. The first-order valence-corrected chi connectivity index (χ1v) is 14.1. The van der Waals surface area contributed by atoms with Gasteiger partial charge in [-0.3, -0.25) is 29.0 Å². The molecule has 11 N–H and O–H groups in total. The molecule has 0 heterocycles. The second kappa shape index (κ2) is 21.8. The molecule has 16 heteroatoms. The average Bonchev–Trinajstić information content (AvgIpc) is 2.91. The van der Waals surface area contributed by atoms with E-state index >= 15 is 0 Å². The van der Waals surface area contributed by atoms with Crippen molar-refractivity contribution in [1.82, 2.24) is 21.3 Å². The molecule has 0 aromatic rings. The van der Waals surface area contributed by atoms with Crippen molar-refractivity contribution in [2.45, 2.75) is 109 Å².